The SMILES string of the molecule is Cc1ccc(C2OC(=O)N(C(=O)NC3CCCCO3)C2C)cc1. The van der Waals surface area contributed by atoms with Gasteiger partial charge in [-0.1, -0.05) is 29.8 Å². The molecule has 6 heteroatoms. The van der Waals surface area contributed by atoms with Gasteiger partial charge in [-0.05, 0) is 38.7 Å². The average Bonchev–Trinajstić information content (AvgIpc) is 2.84. The van der Waals surface area contributed by atoms with Crippen LogP contribution in [-0.4, -0.2) is 35.9 Å². The van der Waals surface area contributed by atoms with E-state index in [1.54, 1.807) is 0 Å². The largest absolute Gasteiger partial charge is 0.439 e. The molecule has 0 aromatic heterocycles. The Hall–Kier alpha value is -2.08. The third-order valence-corrected chi connectivity index (χ3v) is 4.36. The standard InChI is InChI=1S/C17H22N2O4/c1-11-6-8-13(9-7-11)15-12(2)19(17(21)23-15)16(20)18-14-5-3-4-10-22-14/h6-9,12,14-15H,3-5,10H2,1-2H3,(H,18,20). The molecule has 3 rings (SSSR count). The first-order valence-electron chi connectivity index (χ1n) is 8.05. The topological polar surface area (TPSA) is 67.9 Å². The summed E-state index contributed by atoms with van der Waals surface area (Å²) in [6.45, 7) is 4.45. The Morgan fingerprint density at radius 2 is 2.00 bits per heavy atom. The third kappa shape index (κ3) is 3.32. The van der Waals surface area contributed by atoms with Gasteiger partial charge in [0.05, 0.1) is 6.04 Å². The molecule has 6 nitrogen and oxygen atoms in total. The Morgan fingerprint density at radius 3 is 2.65 bits per heavy atom. The van der Waals surface area contributed by atoms with Crippen LogP contribution in [0.25, 0.3) is 0 Å². The quantitative estimate of drug-likeness (QED) is 0.910. The molecule has 1 aromatic carbocycles. The van der Waals surface area contributed by atoms with Gasteiger partial charge in [-0.25, -0.2) is 14.5 Å². The van der Waals surface area contributed by atoms with Gasteiger partial charge in [0.15, 0.2) is 0 Å². The van der Waals surface area contributed by atoms with E-state index < -0.39 is 18.2 Å². The van der Waals surface area contributed by atoms with Crippen LogP contribution in [0.2, 0.25) is 0 Å². The summed E-state index contributed by atoms with van der Waals surface area (Å²) >= 11 is 0. The zero-order chi connectivity index (χ0) is 16.4. The number of amides is 3. The minimum atomic E-state index is -0.614. The van der Waals surface area contributed by atoms with Crippen LogP contribution in [0, 0.1) is 6.92 Å². The fourth-order valence-electron chi connectivity index (χ4n) is 3.00. The second-order valence-corrected chi connectivity index (χ2v) is 6.13. The molecule has 3 unspecified atom stereocenters. The lowest BCUT2D eigenvalue weighted by Crippen LogP contribution is -2.49. The summed E-state index contributed by atoms with van der Waals surface area (Å²) in [6.07, 6.45) is 1.40. The van der Waals surface area contributed by atoms with Crippen LogP contribution in [0.1, 0.15) is 43.4 Å². The highest BCUT2D eigenvalue weighted by Crippen LogP contribution is 2.32. The number of benzene rings is 1. The zero-order valence-corrected chi connectivity index (χ0v) is 13.5. The molecule has 0 bridgehead atoms. The molecule has 1 aromatic rings. The Labute approximate surface area is 135 Å². The summed E-state index contributed by atoms with van der Waals surface area (Å²) in [5, 5.41) is 2.77. The van der Waals surface area contributed by atoms with E-state index in [2.05, 4.69) is 5.32 Å². The Kier molecular flexibility index (Phi) is 4.52. The predicted octanol–water partition coefficient (Wildman–Crippen LogP) is 3.11. The van der Waals surface area contributed by atoms with Gasteiger partial charge in [-0.3, -0.25) is 0 Å². The molecular weight excluding hydrogens is 296 g/mol. The number of carbonyl (C=O) groups is 2. The Balaban J connectivity index is 1.69. The summed E-state index contributed by atoms with van der Waals surface area (Å²) in [6, 6.07) is 6.96. The van der Waals surface area contributed by atoms with Gasteiger partial charge in [0.1, 0.15) is 12.3 Å². The number of ether oxygens (including phenoxy) is 2. The smallest absolute Gasteiger partial charge is 0.419 e. The summed E-state index contributed by atoms with van der Waals surface area (Å²) in [4.78, 5) is 25.7. The van der Waals surface area contributed by atoms with E-state index in [9.17, 15) is 9.59 Å². The van der Waals surface area contributed by atoms with Gasteiger partial charge >= 0.3 is 12.1 Å². The molecule has 23 heavy (non-hydrogen) atoms. The molecule has 3 atom stereocenters. The van der Waals surface area contributed by atoms with Crippen LogP contribution in [-0.2, 0) is 9.47 Å². The van der Waals surface area contributed by atoms with E-state index >= 15 is 0 Å². The summed E-state index contributed by atoms with van der Waals surface area (Å²) in [5.74, 6) is 0. The molecule has 2 aliphatic rings. The number of hydrogen-bond acceptors (Lipinski definition) is 4. The van der Waals surface area contributed by atoms with Gasteiger partial charge in [0.2, 0.25) is 0 Å². The highest BCUT2D eigenvalue weighted by Gasteiger charge is 2.44. The number of nitrogens with one attached hydrogen (secondary N) is 1. The molecule has 0 saturated carbocycles. The monoisotopic (exact) mass is 318 g/mol. The molecule has 2 saturated heterocycles. The molecule has 3 amide bonds. The fraction of sp³-hybridized carbons (Fsp3) is 0.529. The molecule has 0 spiro atoms. The maximum absolute atomic E-state index is 12.4. The van der Waals surface area contributed by atoms with Gasteiger partial charge in [0, 0.05) is 6.61 Å². The van der Waals surface area contributed by atoms with Gasteiger partial charge in [0.25, 0.3) is 0 Å². The maximum Gasteiger partial charge on any atom is 0.419 e. The normalized spacial score (nSPS) is 27.7. The van der Waals surface area contributed by atoms with Crippen LogP contribution in [0.15, 0.2) is 24.3 Å². The first-order chi connectivity index (χ1) is 11.1. The number of hydrogen-bond donors (Lipinski definition) is 1. The lowest BCUT2D eigenvalue weighted by molar-refractivity contribution is -0.0000137. The molecule has 0 radical (unpaired) electrons. The van der Waals surface area contributed by atoms with Crippen molar-refractivity contribution in [3.8, 4) is 0 Å². The van der Waals surface area contributed by atoms with Crippen LogP contribution in [0.4, 0.5) is 9.59 Å². The summed E-state index contributed by atoms with van der Waals surface area (Å²) < 4.78 is 10.9. The number of imide groups is 1. The van der Waals surface area contributed by atoms with E-state index in [0.29, 0.717) is 6.61 Å². The second-order valence-electron chi connectivity index (χ2n) is 6.13. The lowest BCUT2D eigenvalue weighted by Gasteiger charge is -2.26. The molecule has 0 aliphatic carbocycles. The van der Waals surface area contributed by atoms with Crippen molar-refractivity contribution in [2.45, 2.75) is 51.5 Å². The number of carbonyl (C=O) groups excluding carboxylic acids is 2. The van der Waals surface area contributed by atoms with Crippen LogP contribution < -0.4 is 5.32 Å². The van der Waals surface area contributed by atoms with Crippen LogP contribution in [0.5, 0.6) is 0 Å². The second kappa shape index (κ2) is 6.58. The van der Waals surface area contributed by atoms with Gasteiger partial charge in [-0.15, -0.1) is 0 Å². The molecule has 2 aliphatic heterocycles. The minimum absolute atomic E-state index is 0.324. The van der Waals surface area contributed by atoms with Gasteiger partial charge in [-0.2, -0.15) is 0 Å². The predicted molar refractivity (Wildman–Crippen MR) is 83.8 cm³/mol. The Morgan fingerprint density at radius 1 is 1.26 bits per heavy atom. The minimum Gasteiger partial charge on any atom is -0.439 e. The van der Waals surface area contributed by atoms with Crippen molar-refractivity contribution in [2.75, 3.05) is 6.61 Å². The van der Waals surface area contributed by atoms with E-state index in [1.807, 2.05) is 38.1 Å². The van der Waals surface area contributed by atoms with E-state index in [1.165, 1.54) is 0 Å². The molecule has 124 valence electrons. The molecule has 2 fully saturated rings. The lowest BCUT2D eigenvalue weighted by atomic mass is 10.0. The van der Waals surface area contributed by atoms with Crippen LogP contribution >= 0.6 is 0 Å². The number of cyclic esters (lactones) is 1. The summed E-state index contributed by atoms with van der Waals surface area (Å²) in [7, 11) is 0. The molecule has 1 N–H and O–H groups in total. The first-order valence-corrected chi connectivity index (χ1v) is 8.05. The number of nitrogens with zero attached hydrogens (tertiary/aromatic N) is 1. The van der Waals surface area contributed by atoms with E-state index in [-0.39, 0.29) is 12.3 Å². The highest BCUT2D eigenvalue weighted by molar-refractivity contribution is 5.92. The third-order valence-electron chi connectivity index (χ3n) is 4.36. The Bertz CT molecular complexity index is 581. The van der Waals surface area contributed by atoms with Crippen molar-refractivity contribution < 1.29 is 19.1 Å². The molecule has 2 heterocycles. The number of urea groups is 1. The number of aryl methyl sites for hydroxylation is 1. The number of rotatable bonds is 2. The van der Waals surface area contributed by atoms with Crippen LogP contribution in [0.3, 0.4) is 0 Å². The van der Waals surface area contributed by atoms with Crippen molar-refractivity contribution in [1.82, 2.24) is 10.2 Å². The van der Waals surface area contributed by atoms with Crippen molar-refractivity contribution in [3.63, 3.8) is 0 Å². The van der Waals surface area contributed by atoms with E-state index in [4.69, 9.17) is 9.47 Å². The average molecular weight is 318 g/mol. The van der Waals surface area contributed by atoms with Crippen molar-refractivity contribution in [3.05, 3.63) is 35.4 Å². The highest BCUT2D eigenvalue weighted by atomic mass is 16.6. The molecular formula is C17H22N2O4. The van der Waals surface area contributed by atoms with Crippen molar-refractivity contribution in [1.29, 1.82) is 0 Å². The first kappa shape index (κ1) is 15.8. The van der Waals surface area contributed by atoms with Crippen molar-refractivity contribution in [2.24, 2.45) is 0 Å². The van der Waals surface area contributed by atoms with Gasteiger partial charge < -0.3 is 14.8 Å². The van der Waals surface area contributed by atoms with Crippen molar-refractivity contribution >= 4 is 12.1 Å². The zero-order valence-electron chi connectivity index (χ0n) is 13.5. The fourth-order valence-corrected chi connectivity index (χ4v) is 3.00. The van der Waals surface area contributed by atoms with E-state index in [0.717, 1.165) is 35.3 Å². The maximum atomic E-state index is 12.4. The summed E-state index contributed by atoms with van der Waals surface area (Å²) in [5.41, 5.74) is 2.02.